The van der Waals surface area contributed by atoms with Crippen LogP contribution in [0.1, 0.15) is 23.5 Å². The van der Waals surface area contributed by atoms with Crippen LogP contribution in [0.3, 0.4) is 0 Å². The molecule has 0 saturated carbocycles. The van der Waals surface area contributed by atoms with Crippen molar-refractivity contribution in [3.8, 4) is 0 Å². The zero-order valence-corrected chi connectivity index (χ0v) is 18.6. The summed E-state index contributed by atoms with van der Waals surface area (Å²) in [6.07, 6.45) is 0.448. The average Bonchev–Trinajstić information content (AvgIpc) is 2.63. The quantitative estimate of drug-likeness (QED) is 0.319. The lowest BCUT2D eigenvalue weighted by Gasteiger charge is -2.26. The highest BCUT2D eigenvalue weighted by atomic mass is 127. The molecule has 5 nitrogen and oxygen atoms in total. The zero-order chi connectivity index (χ0) is 18.5. The van der Waals surface area contributed by atoms with Gasteiger partial charge in [-0.3, -0.25) is 9.79 Å². The van der Waals surface area contributed by atoms with Gasteiger partial charge in [0, 0.05) is 48.2 Å². The van der Waals surface area contributed by atoms with Crippen molar-refractivity contribution in [3.05, 3.63) is 63.6 Å². The molecule has 0 aromatic heterocycles. The molecule has 2 aromatic carbocycles. The summed E-state index contributed by atoms with van der Waals surface area (Å²) in [5, 5.41) is 10.7. The summed E-state index contributed by atoms with van der Waals surface area (Å²) in [4.78, 5) is 16.2. The van der Waals surface area contributed by atoms with Gasteiger partial charge >= 0.3 is 0 Å². The minimum absolute atomic E-state index is 0. The Morgan fingerprint density at radius 1 is 1.22 bits per heavy atom. The topological polar surface area (TPSA) is 65.5 Å². The van der Waals surface area contributed by atoms with Crippen LogP contribution in [-0.4, -0.2) is 25.5 Å². The van der Waals surface area contributed by atoms with Gasteiger partial charge in [0.15, 0.2) is 5.96 Å². The van der Waals surface area contributed by atoms with Crippen molar-refractivity contribution in [2.75, 3.05) is 18.9 Å². The van der Waals surface area contributed by atoms with E-state index >= 15 is 0 Å². The second kappa shape index (κ2) is 10.1. The number of carbonyl (C=O) groups is 1. The van der Waals surface area contributed by atoms with Crippen molar-refractivity contribution >= 4 is 64.7 Å². The van der Waals surface area contributed by atoms with E-state index in [4.69, 9.17) is 23.2 Å². The first-order valence-corrected chi connectivity index (χ1v) is 9.09. The second-order valence-corrected chi connectivity index (χ2v) is 6.92. The fraction of sp³-hybridized carbons (Fsp3) is 0.263. The average molecular weight is 519 g/mol. The molecule has 27 heavy (non-hydrogen) atoms. The molecule has 0 aliphatic carbocycles. The predicted octanol–water partition coefficient (Wildman–Crippen LogP) is 4.40. The number of hydrogen-bond acceptors (Lipinski definition) is 2. The maximum atomic E-state index is 11.9. The van der Waals surface area contributed by atoms with Crippen LogP contribution in [0.4, 0.5) is 5.69 Å². The van der Waals surface area contributed by atoms with Crippen molar-refractivity contribution in [1.82, 2.24) is 10.6 Å². The first-order valence-electron chi connectivity index (χ1n) is 8.34. The zero-order valence-electron chi connectivity index (χ0n) is 14.8. The molecule has 0 radical (unpaired) electrons. The maximum Gasteiger partial charge on any atom is 0.225 e. The summed E-state index contributed by atoms with van der Waals surface area (Å²) in [5.41, 5.74) is 2.95. The van der Waals surface area contributed by atoms with E-state index in [0.29, 0.717) is 35.5 Å². The molecule has 144 valence electrons. The van der Waals surface area contributed by atoms with Crippen molar-refractivity contribution < 1.29 is 4.79 Å². The highest BCUT2D eigenvalue weighted by Crippen LogP contribution is 2.31. The van der Waals surface area contributed by atoms with Crippen molar-refractivity contribution in [3.63, 3.8) is 0 Å². The number of carbonyl (C=O) groups excluding carboxylic acids is 1. The largest absolute Gasteiger partial charge is 0.356 e. The highest BCUT2D eigenvalue weighted by Gasteiger charge is 2.24. The van der Waals surface area contributed by atoms with Crippen LogP contribution in [0, 0.1) is 0 Å². The summed E-state index contributed by atoms with van der Waals surface area (Å²) in [5.74, 6) is 0.781. The van der Waals surface area contributed by atoms with E-state index in [9.17, 15) is 4.79 Å². The van der Waals surface area contributed by atoms with Crippen molar-refractivity contribution in [2.24, 2.45) is 4.99 Å². The third kappa shape index (κ3) is 5.73. The van der Waals surface area contributed by atoms with Crippen LogP contribution < -0.4 is 16.0 Å². The third-order valence-corrected chi connectivity index (χ3v) is 4.89. The number of benzene rings is 2. The molecule has 0 spiro atoms. The predicted molar refractivity (Wildman–Crippen MR) is 123 cm³/mol. The molecule has 3 N–H and O–H groups in total. The number of guanidine groups is 1. The number of nitrogens with zero attached hydrogens (tertiary/aromatic N) is 1. The molecule has 1 aliphatic heterocycles. The minimum atomic E-state index is 0. The summed E-state index contributed by atoms with van der Waals surface area (Å²) in [6, 6.07) is 13.3. The Hall–Kier alpha value is -1.51. The first kappa shape index (κ1) is 21.8. The van der Waals surface area contributed by atoms with E-state index in [1.54, 1.807) is 19.2 Å². The van der Waals surface area contributed by atoms with Crippen LogP contribution in [0.15, 0.2) is 47.5 Å². The van der Waals surface area contributed by atoms with E-state index in [1.807, 2.05) is 30.3 Å². The van der Waals surface area contributed by atoms with Crippen LogP contribution >= 0.6 is 47.2 Å². The van der Waals surface area contributed by atoms with Gasteiger partial charge in [-0.15, -0.1) is 24.0 Å². The lowest BCUT2D eigenvalue weighted by atomic mass is 9.90. The number of fused-ring (bicyclic) bond motifs is 1. The Bertz CT molecular complexity index is 844. The number of anilines is 1. The molecule has 1 atom stereocenters. The number of amides is 1. The Balaban J connectivity index is 0.00000261. The van der Waals surface area contributed by atoms with Crippen LogP contribution in [0.25, 0.3) is 0 Å². The van der Waals surface area contributed by atoms with Gasteiger partial charge in [0.2, 0.25) is 5.91 Å². The third-order valence-electron chi connectivity index (χ3n) is 4.31. The molecule has 0 bridgehead atoms. The molecule has 8 heteroatoms. The SMILES string of the molecule is CN=C(NCc1ccc(Cl)cc1Cl)NCC1CC(=O)Nc2ccccc21.I. The van der Waals surface area contributed by atoms with Gasteiger partial charge in [-0.25, -0.2) is 0 Å². The molecule has 1 aliphatic rings. The van der Waals surface area contributed by atoms with Crippen molar-refractivity contribution in [1.29, 1.82) is 0 Å². The number of aliphatic imine (C=N–C) groups is 1. The van der Waals surface area contributed by atoms with Gasteiger partial charge in [0.25, 0.3) is 0 Å². The molecule has 1 heterocycles. The van der Waals surface area contributed by atoms with E-state index < -0.39 is 0 Å². The smallest absolute Gasteiger partial charge is 0.225 e. The Kier molecular flexibility index (Phi) is 8.19. The highest BCUT2D eigenvalue weighted by molar-refractivity contribution is 14.0. The Labute approximate surface area is 185 Å². The minimum Gasteiger partial charge on any atom is -0.356 e. The fourth-order valence-electron chi connectivity index (χ4n) is 2.97. The Morgan fingerprint density at radius 3 is 2.74 bits per heavy atom. The summed E-state index contributed by atoms with van der Waals surface area (Å²) >= 11 is 12.1. The van der Waals surface area contributed by atoms with E-state index in [1.165, 1.54) is 0 Å². The molecular formula is C19H21Cl2IN4O. The number of hydrogen-bond donors (Lipinski definition) is 3. The van der Waals surface area contributed by atoms with E-state index in [-0.39, 0.29) is 35.8 Å². The Morgan fingerprint density at radius 2 is 2.00 bits per heavy atom. The number of halogens is 3. The molecule has 1 unspecified atom stereocenters. The fourth-order valence-corrected chi connectivity index (χ4v) is 3.44. The monoisotopic (exact) mass is 518 g/mol. The van der Waals surface area contributed by atoms with Crippen LogP contribution in [0.2, 0.25) is 10.0 Å². The molecule has 1 amide bonds. The summed E-state index contributed by atoms with van der Waals surface area (Å²) in [7, 11) is 1.71. The van der Waals surface area contributed by atoms with Crippen LogP contribution in [-0.2, 0) is 11.3 Å². The molecule has 0 fully saturated rings. The lowest BCUT2D eigenvalue weighted by Crippen LogP contribution is -2.40. The van der Waals surface area contributed by atoms with E-state index in [0.717, 1.165) is 16.8 Å². The second-order valence-electron chi connectivity index (χ2n) is 6.08. The van der Waals surface area contributed by atoms with Crippen LogP contribution in [0.5, 0.6) is 0 Å². The first-order chi connectivity index (χ1) is 12.6. The van der Waals surface area contributed by atoms with Gasteiger partial charge in [-0.1, -0.05) is 47.5 Å². The van der Waals surface area contributed by atoms with Crippen molar-refractivity contribution in [2.45, 2.75) is 18.9 Å². The van der Waals surface area contributed by atoms with Gasteiger partial charge in [0.1, 0.15) is 0 Å². The lowest BCUT2D eigenvalue weighted by molar-refractivity contribution is -0.116. The standard InChI is InChI=1S/C19H20Cl2N4O.HI/c1-22-19(23-10-12-6-7-14(20)9-16(12)21)24-11-13-8-18(26)25-17-5-3-2-4-15(13)17;/h2-7,9,13H,8,10-11H2,1H3,(H,25,26)(H2,22,23,24);1H. The van der Waals surface area contributed by atoms with Gasteiger partial charge in [0.05, 0.1) is 0 Å². The number of para-hydroxylation sites is 1. The molecule has 2 aromatic rings. The molecular weight excluding hydrogens is 498 g/mol. The van der Waals surface area contributed by atoms with Gasteiger partial charge in [-0.05, 0) is 29.3 Å². The maximum absolute atomic E-state index is 11.9. The normalized spacial score (nSPS) is 16.0. The number of rotatable bonds is 4. The van der Waals surface area contributed by atoms with E-state index in [2.05, 4.69) is 20.9 Å². The number of nitrogens with one attached hydrogen (secondary N) is 3. The molecule has 3 rings (SSSR count). The summed E-state index contributed by atoms with van der Waals surface area (Å²) < 4.78 is 0. The van der Waals surface area contributed by atoms with Gasteiger partial charge in [-0.2, -0.15) is 0 Å². The summed E-state index contributed by atoms with van der Waals surface area (Å²) in [6.45, 7) is 1.13. The van der Waals surface area contributed by atoms with Gasteiger partial charge < -0.3 is 16.0 Å². The molecule has 0 saturated heterocycles.